The van der Waals surface area contributed by atoms with Crippen LogP contribution in [0.15, 0.2) is 30.3 Å². The van der Waals surface area contributed by atoms with E-state index in [0.717, 1.165) is 17.2 Å². The van der Waals surface area contributed by atoms with Crippen molar-refractivity contribution in [2.24, 2.45) is 0 Å². The van der Waals surface area contributed by atoms with Gasteiger partial charge < -0.3 is 15.7 Å². The van der Waals surface area contributed by atoms with Crippen LogP contribution in [0.2, 0.25) is 5.02 Å². The highest BCUT2D eigenvalue weighted by atomic mass is 35.5. The minimum Gasteiger partial charge on any atom is -0.394 e. The number of hydrogen-bond acceptors (Lipinski definition) is 5. The Morgan fingerprint density at radius 2 is 2.14 bits per heavy atom. The highest BCUT2D eigenvalue weighted by molar-refractivity contribution is 6.30. The molecular weight excluding hydrogens is 300 g/mol. The first-order chi connectivity index (χ1) is 10.6. The Kier molecular flexibility index (Phi) is 4.45. The van der Waals surface area contributed by atoms with Gasteiger partial charge in [0.05, 0.1) is 12.3 Å². The second kappa shape index (κ2) is 6.50. The van der Waals surface area contributed by atoms with Crippen molar-refractivity contribution in [3.8, 4) is 0 Å². The quantitative estimate of drug-likeness (QED) is 0.760. The van der Waals surface area contributed by atoms with E-state index in [1.165, 1.54) is 12.8 Å². The molecule has 0 unspecified atom stereocenters. The molecule has 1 heterocycles. The van der Waals surface area contributed by atoms with E-state index in [0.29, 0.717) is 16.9 Å². The lowest BCUT2D eigenvalue weighted by atomic mass is 10.2. The van der Waals surface area contributed by atoms with Crippen molar-refractivity contribution in [2.75, 3.05) is 17.2 Å². The van der Waals surface area contributed by atoms with Gasteiger partial charge in [-0.3, -0.25) is 0 Å². The number of nitrogens with zero attached hydrogens (tertiary/aromatic N) is 2. The number of benzene rings is 1. The molecule has 3 N–H and O–H groups in total. The summed E-state index contributed by atoms with van der Waals surface area (Å²) < 4.78 is 0. The number of hydrogen-bond donors (Lipinski definition) is 3. The number of anilines is 3. The maximum absolute atomic E-state index is 9.17. The third-order valence-electron chi connectivity index (χ3n) is 3.49. The minimum atomic E-state index is -0.0894. The highest BCUT2D eigenvalue weighted by Crippen LogP contribution is 2.40. The molecule has 6 heteroatoms. The van der Waals surface area contributed by atoms with E-state index >= 15 is 0 Å². The smallest absolute Gasteiger partial charge is 0.225 e. The fourth-order valence-electron chi connectivity index (χ4n) is 2.16. The Balaban J connectivity index is 1.85. The number of aliphatic hydroxyl groups excluding tert-OH is 1. The first-order valence-electron chi connectivity index (χ1n) is 7.43. The largest absolute Gasteiger partial charge is 0.394 e. The van der Waals surface area contributed by atoms with Gasteiger partial charge in [0.15, 0.2) is 0 Å². The average Bonchev–Trinajstić information content (AvgIpc) is 3.31. The van der Waals surface area contributed by atoms with Crippen LogP contribution in [0, 0.1) is 0 Å². The zero-order valence-corrected chi connectivity index (χ0v) is 13.1. The number of aliphatic hydroxyl groups is 1. The third-order valence-corrected chi connectivity index (χ3v) is 3.72. The summed E-state index contributed by atoms with van der Waals surface area (Å²) in [5, 5.41) is 16.2. The van der Waals surface area contributed by atoms with Crippen LogP contribution in [0.4, 0.5) is 17.5 Å². The summed E-state index contributed by atoms with van der Waals surface area (Å²) in [5.74, 6) is 1.79. The number of halogens is 1. The van der Waals surface area contributed by atoms with E-state index in [1.807, 2.05) is 37.3 Å². The molecule has 0 aliphatic heterocycles. The summed E-state index contributed by atoms with van der Waals surface area (Å²) in [6.45, 7) is 1.92. The van der Waals surface area contributed by atoms with Crippen LogP contribution in [-0.2, 0) is 0 Å². The molecule has 0 bridgehead atoms. The topological polar surface area (TPSA) is 70.1 Å². The Labute approximate surface area is 134 Å². The molecule has 5 nitrogen and oxygen atoms in total. The summed E-state index contributed by atoms with van der Waals surface area (Å²) in [5.41, 5.74) is 1.92. The van der Waals surface area contributed by atoms with Gasteiger partial charge in [-0.25, -0.2) is 4.98 Å². The molecule has 22 heavy (non-hydrogen) atoms. The molecule has 1 atom stereocenters. The number of aromatic nitrogens is 2. The first-order valence-corrected chi connectivity index (χ1v) is 7.81. The lowest BCUT2D eigenvalue weighted by Crippen LogP contribution is -2.21. The Bertz CT molecular complexity index is 660. The first kappa shape index (κ1) is 15.1. The molecular formula is C16H19ClN4O. The lowest BCUT2D eigenvalue weighted by Gasteiger charge is -2.14. The van der Waals surface area contributed by atoms with E-state index < -0.39 is 0 Å². The zero-order valence-electron chi connectivity index (χ0n) is 12.4. The van der Waals surface area contributed by atoms with Crippen molar-refractivity contribution in [1.29, 1.82) is 0 Å². The van der Waals surface area contributed by atoms with Crippen LogP contribution < -0.4 is 10.6 Å². The molecule has 0 amide bonds. The van der Waals surface area contributed by atoms with Gasteiger partial charge in [0, 0.05) is 28.7 Å². The maximum Gasteiger partial charge on any atom is 0.225 e. The van der Waals surface area contributed by atoms with Gasteiger partial charge >= 0.3 is 0 Å². The molecule has 1 aliphatic rings. The predicted octanol–water partition coefficient (Wildman–Crippen LogP) is 3.54. The highest BCUT2D eigenvalue weighted by Gasteiger charge is 2.26. The van der Waals surface area contributed by atoms with Crippen LogP contribution in [-0.4, -0.2) is 27.7 Å². The van der Waals surface area contributed by atoms with Crippen molar-refractivity contribution in [3.63, 3.8) is 0 Å². The van der Waals surface area contributed by atoms with E-state index in [1.54, 1.807) is 0 Å². The molecule has 1 aromatic heterocycles. The molecule has 3 rings (SSSR count). The molecule has 0 saturated heterocycles. The molecule has 0 radical (unpaired) electrons. The summed E-state index contributed by atoms with van der Waals surface area (Å²) in [6.07, 6.45) is 2.34. The van der Waals surface area contributed by atoms with E-state index in [9.17, 15) is 5.11 Å². The SMILES string of the molecule is C[C@H](CO)Nc1nc(Nc2cccc(Cl)c2)cc(C2CC2)n1. The Hall–Kier alpha value is -1.85. The predicted molar refractivity (Wildman–Crippen MR) is 88.9 cm³/mol. The van der Waals surface area contributed by atoms with E-state index in [-0.39, 0.29) is 12.6 Å². The monoisotopic (exact) mass is 318 g/mol. The second-order valence-electron chi connectivity index (χ2n) is 5.64. The van der Waals surface area contributed by atoms with Gasteiger partial charge in [0.25, 0.3) is 0 Å². The number of rotatable bonds is 6. The van der Waals surface area contributed by atoms with Gasteiger partial charge in [-0.2, -0.15) is 4.98 Å². The summed E-state index contributed by atoms with van der Waals surface area (Å²) >= 11 is 6.01. The second-order valence-corrected chi connectivity index (χ2v) is 6.08. The molecule has 0 spiro atoms. The van der Waals surface area contributed by atoms with Crippen LogP contribution in [0.5, 0.6) is 0 Å². The van der Waals surface area contributed by atoms with Gasteiger partial charge in [0.2, 0.25) is 5.95 Å². The molecule has 2 aromatic rings. The summed E-state index contributed by atoms with van der Waals surface area (Å²) in [4.78, 5) is 9.01. The molecule has 1 saturated carbocycles. The van der Waals surface area contributed by atoms with Crippen molar-refractivity contribution in [2.45, 2.75) is 31.7 Å². The van der Waals surface area contributed by atoms with Crippen molar-refractivity contribution >= 4 is 29.1 Å². The molecule has 1 fully saturated rings. The maximum atomic E-state index is 9.17. The molecule has 1 aliphatic carbocycles. The van der Waals surface area contributed by atoms with Gasteiger partial charge in [-0.05, 0) is 38.0 Å². The normalized spacial score (nSPS) is 15.4. The van der Waals surface area contributed by atoms with Crippen LogP contribution in [0.1, 0.15) is 31.4 Å². The molecule has 116 valence electrons. The Morgan fingerprint density at radius 1 is 1.32 bits per heavy atom. The van der Waals surface area contributed by atoms with Gasteiger partial charge in [-0.15, -0.1) is 0 Å². The fourth-order valence-corrected chi connectivity index (χ4v) is 2.35. The third kappa shape index (κ3) is 3.87. The fraction of sp³-hybridized carbons (Fsp3) is 0.375. The van der Waals surface area contributed by atoms with Crippen molar-refractivity contribution < 1.29 is 5.11 Å². The zero-order chi connectivity index (χ0) is 15.5. The average molecular weight is 319 g/mol. The van der Waals surface area contributed by atoms with Crippen molar-refractivity contribution in [1.82, 2.24) is 9.97 Å². The van der Waals surface area contributed by atoms with Crippen LogP contribution >= 0.6 is 11.6 Å². The summed E-state index contributed by atoms with van der Waals surface area (Å²) in [6, 6.07) is 9.40. The lowest BCUT2D eigenvalue weighted by molar-refractivity contribution is 0.281. The Morgan fingerprint density at radius 3 is 2.82 bits per heavy atom. The van der Waals surface area contributed by atoms with Gasteiger partial charge in [-0.1, -0.05) is 17.7 Å². The minimum absolute atomic E-state index is 0.0358. The van der Waals surface area contributed by atoms with E-state index in [4.69, 9.17) is 11.6 Å². The van der Waals surface area contributed by atoms with Crippen LogP contribution in [0.25, 0.3) is 0 Å². The van der Waals surface area contributed by atoms with Gasteiger partial charge in [0.1, 0.15) is 5.82 Å². The van der Waals surface area contributed by atoms with Crippen molar-refractivity contribution in [3.05, 3.63) is 41.0 Å². The van der Waals surface area contributed by atoms with Crippen LogP contribution in [0.3, 0.4) is 0 Å². The summed E-state index contributed by atoms with van der Waals surface area (Å²) in [7, 11) is 0. The van der Waals surface area contributed by atoms with E-state index in [2.05, 4.69) is 20.6 Å². The number of nitrogens with one attached hydrogen (secondary N) is 2. The molecule has 1 aromatic carbocycles. The standard InChI is InChI=1S/C16H19ClN4O/c1-10(9-22)18-16-20-14(11-5-6-11)8-15(21-16)19-13-4-2-3-12(17)7-13/h2-4,7-8,10-11,22H,5-6,9H2,1H3,(H2,18,19,20,21)/t10-/m1/s1.